The van der Waals surface area contributed by atoms with E-state index in [4.69, 9.17) is 15.2 Å². The lowest BCUT2D eigenvalue weighted by Crippen LogP contribution is -2.33. The minimum absolute atomic E-state index is 0.288. The lowest BCUT2D eigenvalue weighted by molar-refractivity contribution is -0.141. The Kier molecular flexibility index (Phi) is 9.37. The van der Waals surface area contributed by atoms with Gasteiger partial charge in [-0.25, -0.2) is 0 Å². The Morgan fingerprint density at radius 1 is 1.00 bits per heavy atom. The molecule has 100 valence electrons. The lowest BCUT2D eigenvalue weighted by Gasteiger charge is -2.21. The van der Waals surface area contributed by atoms with Crippen LogP contribution in [0.15, 0.2) is 0 Å². The van der Waals surface area contributed by atoms with Gasteiger partial charge in [-0.15, -0.1) is 0 Å². The highest BCUT2D eigenvalue weighted by atomic mass is 16.5. The zero-order valence-electron chi connectivity index (χ0n) is 10.6. The first-order valence-electron chi connectivity index (χ1n) is 5.75. The highest BCUT2D eigenvalue weighted by Crippen LogP contribution is 1.93. The molecule has 0 atom stereocenters. The van der Waals surface area contributed by atoms with E-state index in [0.29, 0.717) is 32.8 Å². The quantitative estimate of drug-likeness (QED) is 0.566. The second kappa shape index (κ2) is 10.0. The first-order chi connectivity index (χ1) is 8.06. The predicted octanol–water partition coefficient (Wildman–Crippen LogP) is -0.237. The van der Waals surface area contributed by atoms with Crippen LogP contribution in [0, 0.1) is 0 Å². The average Bonchev–Trinajstić information content (AvgIpc) is 2.24. The molecule has 2 N–H and O–H groups in total. The summed E-state index contributed by atoms with van der Waals surface area (Å²) < 4.78 is 9.72. The second-order valence-electron chi connectivity index (χ2n) is 3.66. The summed E-state index contributed by atoms with van der Waals surface area (Å²) in [6.07, 6.45) is 0.861. The van der Waals surface area contributed by atoms with Crippen molar-refractivity contribution in [3.8, 4) is 0 Å². The topological polar surface area (TPSA) is 81.9 Å². The van der Waals surface area contributed by atoms with Crippen LogP contribution in [-0.2, 0) is 19.1 Å². The molecule has 0 aromatic rings. The first-order valence-corrected chi connectivity index (χ1v) is 5.75. The molecule has 0 saturated carbocycles. The molecule has 0 heterocycles. The third-order valence-electron chi connectivity index (χ3n) is 2.10. The van der Waals surface area contributed by atoms with Crippen LogP contribution in [-0.4, -0.2) is 56.2 Å². The van der Waals surface area contributed by atoms with Crippen molar-refractivity contribution in [3.63, 3.8) is 0 Å². The molecule has 0 bridgehead atoms. The maximum Gasteiger partial charge on any atom is 0.302 e. The van der Waals surface area contributed by atoms with E-state index in [1.54, 1.807) is 0 Å². The van der Waals surface area contributed by atoms with Crippen molar-refractivity contribution in [2.24, 2.45) is 5.73 Å². The summed E-state index contributed by atoms with van der Waals surface area (Å²) in [6.45, 7) is 6.12. The molecule has 0 aliphatic heterocycles. The standard InChI is InChI=1S/C11H22N2O4/c1-10(14)16-8-6-13(5-3-4-12)7-9-17-11(2)15/h3-9,12H2,1-2H3. The van der Waals surface area contributed by atoms with E-state index in [2.05, 4.69) is 4.90 Å². The zero-order valence-corrected chi connectivity index (χ0v) is 10.6. The molecule has 0 aromatic carbocycles. The van der Waals surface area contributed by atoms with Crippen LogP contribution in [0.25, 0.3) is 0 Å². The maximum atomic E-state index is 10.6. The molecule has 0 aromatic heterocycles. The van der Waals surface area contributed by atoms with Gasteiger partial charge in [0.05, 0.1) is 0 Å². The molecule has 0 saturated heterocycles. The molecule has 0 spiro atoms. The average molecular weight is 246 g/mol. The number of nitrogens with zero attached hydrogens (tertiary/aromatic N) is 1. The number of carbonyl (C=O) groups is 2. The van der Waals surface area contributed by atoms with Gasteiger partial charge in [0, 0.05) is 26.9 Å². The van der Waals surface area contributed by atoms with Gasteiger partial charge >= 0.3 is 11.9 Å². The van der Waals surface area contributed by atoms with Crippen molar-refractivity contribution in [2.45, 2.75) is 20.3 Å². The molecule has 0 amide bonds. The number of ether oxygens (including phenoxy) is 2. The van der Waals surface area contributed by atoms with Gasteiger partial charge in [0.25, 0.3) is 0 Å². The Labute approximate surface area is 102 Å². The van der Waals surface area contributed by atoms with Crippen LogP contribution in [0.5, 0.6) is 0 Å². The van der Waals surface area contributed by atoms with E-state index in [9.17, 15) is 9.59 Å². The van der Waals surface area contributed by atoms with E-state index in [1.807, 2.05) is 0 Å². The number of carbonyl (C=O) groups excluding carboxylic acids is 2. The van der Waals surface area contributed by atoms with Gasteiger partial charge in [0.1, 0.15) is 13.2 Å². The fourth-order valence-electron chi connectivity index (χ4n) is 1.29. The van der Waals surface area contributed by atoms with E-state index in [-0.39, 0.29) is 11.9 Å². The molecule has 0 radical (unpaired) electrons. The fraction of sp³-hybridized carbons (Fsp3) is 0.818. The van der Waals surface area contributed by atoms with Gasteiger partial charge in [0.15, 0.2) is 0 Å². The van der Waals surface area contributed by atoms with Crippen molar-refractivity contribution in [3.05, 3.63) is 0 Å². The van der Waals surface area contributed by atoms with Gasteiger partial charge in [-0.1, -0.05) is 0 Å². The minimum Gasteiger partial charge on any atom is -0.465 e. The van der Waals surface area contributed by atoms with E-state index < -0.39 is 0 Å². The molecular formula is C11H22N2O4. The van der Waals surface area contributed by atoms with Crippen molar-refractivity contribution in [2.75, 3.05) is 39.4 Å². The molecule has 0 fully saturated rings. The van der Waals surface area contributed by atoms with Crippen LogP contribution < -0.4 is 5.73 Å². The van der Waals surface area contributed by atoms with Gasteiger partial charge in [-0.2, -0.15) is 0 Å². The Morgan fingerprint density at radius 3 is 1.82 bits per heavy atom. The van der Waals surface area contributed by atoms with Crippen LogP contribution in [0.3, 0.4) is 0 Å². The third-order valence-corrected chi connectivity index (χ3v) is 2.10. The minimum atomic E-state index is -0.288. The molecular weight excluding hydrogens is 224 g/mol. The molecule has 17 heavy (non-hydrogen) atoms. The van der Waals surface area contributed by atoms with Crippen LogP contribution >= 0.6 is 0 Å². The highest BCUT2D eigenvalue weighted by molar-refractivity contribution is 5.66. The molecule has 6 heteroatoms. The van der Waals surface area contributed by atoms with E-state index in [1.165, 1.54) is 13.8 Å². The van der Waals surface area contributed by atoms with Crippen LogP contribution in [0.2, 0.25) is 0 Å². The summed E-state index contributed by atoms with van der Waals surface area (Å²) in [6, 6.07) is 0. The molecule has 0 aliphatic carbocycles. The van der Waals surface area contributed by atoms with Gasteiger partial charge in [-0.05, 0) is 19.5 Å². The lowest BCUT2D eigenvalue weighted by atomic mass is 10.3. The molecule has 0 rings (SSSR count). The largest absolute Gasteiger partial charge is 0.465 e. The normalized spacial score (nSPS) is 10.4. The fourth-order valence-corrected chi connectivity index (χ4v) is 1.29. The number of esters is 2. The summed E-state index contributed by atoms with van der Waals surface area (Å²) in [5.74, 6) is -0.576. The number of hydrogen-bond acceptors (Lipinski definition) is 6. The zero-order chi connectivity index (χ0) is 13.1. The molecule has 6 nitrogen and oxygen atoms in total. The first kappa shape index (κ1) is 15.9. The Balaban J connectivity index is 3.78. The second-order valence-corrected chi connectivity index (χ2v) is 3.66. The SMILES string of the molecule is CC(=O)OCCN(CCCN)CCOC(C)=O. The summed E-state index contributed by atoms with van der Waals surface area (Å²) in [4.78, 5) is 23.3. The maximum absolute atomic E-state index is 10.6. The number of hydrogen-bond donors (Lipinski definition) is 1. The molecule has 0 unspecified atom stereocenters. The Hall–Kier alpha value is -1.14. The van der Waals surface area contributed by atoms with Gasteiger partial charge in [-0.3, -0.25) is 14.5 Å². The van der Waals surface area contributed by atoms with E-state index in [0.717, 1.165) is 13.0 Å². The Bertz CT molecular complexity index is 214. The summed E-state index contributed by atoms with van der Waals surface area (Å²) >= 11 is 0. The molecule has 0 aliphatic rings. The number of rotatable bonds is 9. The smallest absolute Gasteiger partial charge is 0.302 e. The van der Waals surface area contributed by atoms with Crippen molar-refractivity contribution in [1.29, 1.82) is 0 Å². The van der Waals surface area contributed by atoms with Crippen molar-refractivity contribution >= 4 is 11.9 Å². The van der Waals surface area contributed by atoms with Gasteiger partial charge < -0.3 is 15.2 Å². The predicted molar refractivity (Wildman–Crippen MR) is 63.4 cm³/mol. The van der Waals surface area contributed by atoms with Crippen molar-refractivity contribution < 1.29 is 19.1 Å². The monoisotopic (exact) mass is 246 g/mol. The Morgan fingerprint density at radius 2 is 1.47 bits per heavy atom. The highest BCUT2D eigenvalue weighted by Gasteiger charge is 2.06. The number of nitrogens with two attached hydrogens (primary N) is 1. The van der Waals surface area contributed by atoms with E-state index >= 15 is 0 Å². The third kappa shape index (κ3) is 11.1. The summed E-state index contributed by atoms with van der Waals surface area (Å²) in [5, 5.41) is 0. The van der Waals surface area contributed by atoms with Crippen LogP contribution in [0.1, 0.15) is 20.3 Å². The summed E-state index contributed by atoms with van der Waals surface area (Å²) in [5.41, 5.74) is 5.43. The van der Waals surface area contributed by atoms with Gasteiger partial charge in [0.2, 0.25) is 0 Å². The summed E-state index contributed by atoms with van der Waals surface area (Å²) in [7, 11) is 0. The van der Waals surface area contributed by atoms with Crippen LogP contribution in [0.4, 0.5) is 0 Å². The van der Waals surface area contributed by atoms with Crippen molar-refractivity contribution in [1.82, 2.24) is 4.90 Å².